The third kappa shape index (κ3) is 3.10. The SMILES string of the molecule is CC1(C)CCC2(C=O)CCC3(C)C(=C(c4cc[nH]c4)CC4C5(C)Cc6c(N)n[nH]c6C(C)(C)C5CCC43C)C2C1. The van der Waals surface area contributed by atoms with Gasteiger partial charge in [-0.15, -0.1) is 0 Å². The Balaban J connectivity index is 1.46. The van der Waals surface area contributed by atoms with Crippen molar-refractivity contribution in [3.8, 4) is 0 Å². The largest absolute Gasteiger partial charge is 0.382 e. The van der Waals surface area contributed by atoms with Crippen molar-refractivity contribution >= 4 is 17.7 Å². The summed E-state index contributed by atoms with van der Waals surface area (Å²) < 4.78 is 0. The Hall–Kier alpha value is -2.30. The quantitative estimate of drug-likeness (QED) is 0.338. The average molecular weight is 543 g/mol. The van der Waals surface area contributed by atoms with E-state index in [1.807, 2.05) is 0 Å². The Kier molecular flexibility index (Phi) is 5.29. The standard InChI is InChI=1S/C35H50N4O/c1-30(2)11-13-35(20-40)14-12-34(7)27(24(35)18-30)22(21-9-15-37-19-21)16-26-32(5)17-23-28(38-39-29(23)36)31(3,4)25(32)8-10-33(26,34)6/h9,15,19-20,24-26,37H,8,10-14,16-18H2,1-7H3,(H3,36,38,39). The van der Waals surface area contributed by atoms with Gasteiger partial charge in [0, 0.05) is 34.5 Å². The van der Waals surface area contributed by atoms with Crippen LogP contribution in [0.1, 0.15) is 117 Å². The number of hydrogen-bond donors (Lipinski definition) is 3. The van der Waals surface area contributed by atoms with Crippen molar-refractivity contribution in [1.29, 1.82) is 0 Å². The van der Waals surface area contributed by atoms with Gasteiger partial charge < -0.3 is 15.5 Å². The van der Waals surface area contributed by atoms with E-state index in [1.54, 1.807) is 11.1 Å². The highest BCUT2D eigenvalue weighted by Crippen LogP contribution is 2.77. The van der Waals surface area contributed by atoms with E-state index in [4.69, 9.17) is 5.73 Å². The summed E-state index contributed by atoms with van der Waals surface area (Å²) in [6.45, 7) is 17.6. The minimum Gasteiger partial charge on any atom is -0.382 e. The predicted octanol–water partition coefficient (Wildman–Crippen LogP) is 7.86. The lowest BCUT2D eigenvalue weighted by Gasteiger charge is -2.71. The summed E-state index contributed by atoms with van der Waals surface area (Å²) in [6.07, 6.45) is 15.7. The van der Waals surface area contributed by atoms with Gasteiger partial charge in [-0.25, -0.2) is 0 Å². The van der Waals surface area contributed by atoms with Crippen LogP contribution in [0, 0.1) is 44.8 Å². The molecule has 5 nitrogen and oxygen atoms in total. The number of carbonyl (C=O) groups is 1. The van der Waals surface area contributed by atoms with E-state index in [0.29, 0.717) is 23.6 Å². The highest BCUT2D eigenvalue weighted by molar-refractivity contribution is 5.75. The van der Waals surface area contributed by atoms with E-state index < -0.39 is 0 Å². The summed E-state index contributed by atoms with van der Waals surface area (Å²) in [7, 11) is 0. The number of anilines is 1. The molecule has 5 aliphatic carbocycles. The van der Waals surface area contributed by atoms with E-state index >= 15 is 0 Å². The van der Waals surface area contributed by atoms with Gasteiger partial charge in [-0.2, -0.15) is 5.10 Å². The number of nitrogens with one attached hydrogen (secondary N) is 2. The van der Waals surface area contributed by atoms with Crippen LogP contribution < -0.4 is 5.73 Å². The van der Waals surface area contributed by atoms with Gasteiger partial charge in [0.05, 0.1) is 0 Å². The lowest BCUT2D eigenvalue weighted by molar-refractivity contribution is -0.160. The second kappa shape index (κ2) is 7.95. The molecule has 5 heteroatoms. The van der Waals surface area contributed by atoms with Crippen LogP contribution in [0.2, 0.25) is 0 Å². The second-order valence-electron chi connectivity index (χ2n) is 16.7. The molecule has 4 N–H and O–H groups in total. The first-order valence-corrected chi connectivity index (χ1v) is 15.9. The summed E-state index contributed by atoms with van der Waals surface area (Å²) in [4.78, 5) is 16.4. The molecule has 0 bridgehead atoms. The van der Waals surface area contributed by atoms with Gasteiger partial charge in [0.25, 0.3) is 0 Å². The number of aldehydes is 1. The van der Waals surface area contributed by atoms with Gasteiger partial charge >= 0.3 is 0 Å². The number of hydrogen-bond acceptors (Lipinski definition) is 3. The van der Waals surface area contributed by atoms with Crippen LogP contribution in [0.5, 0.6) is 0 Å². The number of fused-ring (bicyclic) bond motifs is 8. The highest BCUT2D eigenvalue weighted by Gasteiger charge is 2.69. The average Bonchev–Trinajstić information content (AvgIpc) is 3.55. The monoisotopic (exact) mass is 542 g/mol. The van der Waals surface area contributed by atoms with Gasteiger partial charge in [0.1, 0.15) is 12.1 Å². The molecule has 0 amide bonds. The van der Waals surface area contributed by atoms with Crippen LogP contribution in [0.4, 0.5) is 5.82 Å². The number of aromatic nitrogens is 3. The zero-order chi connectivity index (χ0) is 28.5. The van der Waals surface area contributed by atoms with Crippen molar-refractivity contribution < 1.29 is 4.79 Å². The normalized spacial score (nSPS) is 43.1. The van der Waals surface area contributed by atoms with Crippen molar-refractivity contribution in [2.75, 3.05) is 5.73 Å². The second-order valence-corrected chi connectivity index (χ2v) is 16.7. The molecule has 0 saturated heterocycles. The van der Waals surface area contributed by atoms with E-state index in [-0.39, 0.29) is 32.5 Å². The third-order valence-electron chi connectivity index (χ3n) is 14.2. The summed E-state index contributed by atoms with van der Waals surface area (Å²) in [5.74, 6) is 2.12. The Morgan fingerprint density at radius 1 is 1.00 bits per heavy atom. The molecule has 216 valence electrons. The van der Waals surface area contributed by atoms with Crippen LogP contribution in [-0.2, 0) is 16.6 Å². The maximum Gasteiger partial charge on any atom is 0.148 e. The Morgan fingerprint density at radius 2 is 1.75 bits per heavy atom. The molecular weight excluding hydrogens is 492 g/mol. The highest BCUT2D eigenvalue weighted by atomic mass is 16.1. The number of rotatable bonds is 2. The molecule has 0 aliphatic heterocycles. The topological polar surface area (TPSA) is 87.6 Å². The fourth-order valence-electron chi connectivity index (χ4n) is 11.8. The first-order chi connectivity index (χ1) is 18.7. The minimum absolute atomic E-state index is 0.0000576. The summed E-state index contributed by atoms with van der Waals surface area (Å²) in [6, 6.07) is 2.29. The zero-order valence-electron chi connectivity index (χ0n) is 25.8. The molecule has 2 heterocycles. The molecule has 5 aliphatic rings. The zero-order valence-corrected chi connectivity index (χ0v) is 25.8. The van der Waals surface area contributed by atoms with E-state index in [0.717, 1.165) is 44.9 Å². The Bertz CT molecular complexity index is 1400. The van der Waals surface area contributed by atoms with Crippen molar-refractivity contribution in [3.05, 3.63) is 40.9 Å². The summed E-state index contributed by atoms with van der Waals surface area (Å²) >= 11 is 0. The van der Waals surface area contributed by atoms with Crippen LogP contribution in [0.15, 0.2) is 24.0 Å². The van der Waals surface area contributed by atoms with Crippen molar-refractivity contribution in [1.82, 2.24) is 15.2 Å². The summed E-state index contributed by atoms with van der Waals surface area (Å²) in [5.41, 5.74) is 14.0. The first kappa shape index (κ1) is 26.6. The number of nitrogens with zero attached hydrogens (tertiary/aromatic N) is 1. The maximum absolute atomic E-state index is 13.0. The van der Waals surface area contributed by atoms with Gasteiger partial charge in [0.2, 0.25) is 0 Å². The molecule has 7 atom stereocenters. The molecule has 0 radical (unpaired) electrons. The number of aromatic amines is 2. The lowest BCUT2D eigenvalue weighted by atomic mass is 9.33. The van der Waals surface area contributed by atoms with Crippen LogP contribution in [0.25, 0.3) is 5.57 Å². The van der Waals surface area contributed by atoms with Crippen molar-refractivity contribution in [2.45, 2.75) is 112 Å². The molecule has 7 unspecified atom stereocenters. The molecule has 7 rings (SSSR count). The molecule has 2 aromatic heterocycles. The number of nitrogens with two attached hydrogens (primary N) is 1. The molecular formula is C35H50N4O. The Labute approximate surface area is 240 Å². The predicted molar refractivity (Wildman–Crippen MR) is 161 cm³/mol. The molecule has 3 fully saturated rings. The molecule has 0 aromatic carbocycles. The van der Waals surface area contributed by atoms with Crippen molar-refractivity contribution in [3.63, 3.8) is 0 Å². The smallest absolute Gasteiger partial charge is 0.148 e. The fourth-order valence-corrected chi connectivity index (χ4v) is 11.8. The van der Waals surface area contributed by atoms with Gasteiger partial charge in [0.15, 0.2) is 0 Å². The molecule has 0 spiro atoms. The van der Waals surface area contributed by atoms with Gasteiger partial charge in [-0.3, -0.25) is 5.10 Å². The first-order valence-electron chi connectivity index (χ1n) is 15.9. The number of allylic oxidation sites excluding steroid dienone is 2. The molecule has 3 saturated carbocycles. The van der Waals surface area contributed by atoms with Gasteiger partial charge in [-0.05, 0) is 114 Å². The van der Waals surface area contributed by atoms with E-state index in [1.165, 1.54) is 35.9 Å². The lowest BCUT2D eigenvalue weighted by Crippen LogP contribution is -2.64. The van der Waals surface area contributed by atoms with Crippen LogP contribution in [-0.4, -0.2) is 21.5 Å². The maximum atomic E-state index is 13.0. The number of nitrogen functional groups attached to an aromatic ring is 1. The molecule has 40 heavy (non-hydrogen) atoms. The van der Waals surface area contributed by atoms with Crippen LogP contribution in [0.3, 0.4) is 0 Å². The van der Waals surface area contributed by atoms with E-state index in [9.17, 15) is 4.79 Å². The minimum atomic E-state index is -0.205. The fraction of sp³-hybridized carbons (Fsp3) is 0.714. The number of H-pyrrole nitrogens is 2. The number of carbonyl (C=O) groups excluding carboxylic acids is 1. The van der Waals surface area contributed by atoms with Gasteiger partial charge in [-0.1, -0.05) is 54.0 Å². The third-order valence-corrected chi connectivity index (χ3v) is 14.2. The summed E-state index contributed by atoms with van der Waals surface area (Å²) in [5, 5.41) is 7.88. The van der Waals surface area contributed by atoms with Crippen LogP contribution >= 0.6 is 0 Å². The molecule has 2 aromatic rings. The van der Waals surface area contributed by atoms with E-state index in [2.05, 4.69) is 82.1 Å². The van der Waals surface area contributed by atoms with Crippen molar-refractivity contribution in [2.24, 2.45) is 44.8 Å². The Morgan fingerprint density at radius 3 is 2.45 bits per heavy atom.